The van der Waals surface area contributed by atoms with Crippen molar-refractivity contribution in [1.82, 2.24) is 0 Å². The number of ketones is 1. The summed E-state index contributed by atoms with van der Waals surface area (Å²) >= 11 is 0. The topological polar surface area (TPSA) is 196 Å². The summed E-state index contributed by atoms with van der Waals surface area (Å²) in [6, 6.07) is 6.23. The number of aliphatic hydroxyl groups excluding tert-OH is 4. The maximum Gasteiger partial charge on any atom is 0.203 e. The summed E-state index contributed by atoms with van der Waals surface area (Å²) in [5, 5.41) is 69.9. The molecule has 184 valence electrons. The standard InChI is InChI=1S/C22H24O12/c1-31-9-5-12(26)15-13(6-9)32-20(8-2-3-10(24)11(25)4-8)21(17(15)28)34-22-19(30)18(29)16(27)14(7-23)33-22/h2-6,14,16,18-27,29-30H,7H2,1H3. The highest BCUT2D eigenvalue weighted by atomic mass is 16.7. The molecule has 12 heteroatoms. The Morgan fingerprint density at radius 2 is 1.68 bits per heavy atom. The lowest BCUT2D eigenvalue weighted by Crippen LogP contribution is -2.60. The predicted octanol–water partition coefficient (Wildman–Crippen LogP) is -0.687. The number of hydrogen-bond acceptors (Lipinski definition) is 12. The van der Waals surface area contributed by atoms with Gasteiger partial charge in [-0.1, -0.05) is 6.07 Å². The van der Waals surface area contributed by atoms with Gasteiger partial charge in [0.2, 0.25) is 5.78 Å². The van der Waals surface area contributed by atoms with Gasteiger partial charge in [0.1, 0.15) is 47.2 Å². The third-order valence-electron chi connectivity index (χ3n) is 5.78. The summed E-state index contributed by atoms with van der Waals surface area (Å²) in [4.78, 5) is 13.4. The maximum atomic E-state index is 13.4. The van der Waals surface area contributed by atoms with Crippen LogP contribution in [-0.2, 0) is 9.47 Å². The number of benzene rings is 2. The quantitative estimate of drug-likeness (QED) is 0.267. The van der Waals surface area contributed by atoms with Gasteiger partial charge in [-0.15, -0.1) is 0 Å². The average Bonchev–Trinajstić information content (AvgIpc) is 2.82. The van der Waals surface area contributed by atoms with Crippen LogP contribution in [0.4, 0.5) is 0 Å². The number of phenols is 3. The number of carbonyl (C=O) groups is 1. The predicted molar refractivity (Wildman–Crippen MR) is 111 cm³/mol. The fraction of sp³-hybridized carbons (Fsp3) is 0.409. The average molecular weight is 480 g/mol. The van der Waals surface area contributed by atoms with Crippen LogP contribution in [0.3, 0.4) is 0 Å². The summed E-state index contributed by atoms with van der Waals surface area (Å²) in [5.74, 6) is -2.01. The lowest BCUT2D eigenvalue weighted by molar-refractivity contribution is -0.311. The lowest BCUT2D eigenvalue weighted by atomic mass is 9.92. The summed E-state index contributed by atoms with van der Waals surface area (Å²) in [7, 11) is 1.35. The van der Waals surface area contributed by atoms with Gasteiger partial charge in [0.05, 0.1) is 13.7 Å². The molecule has 2 heterocycles. The van der Waals surface area contributed by atoms with Gasteiger partial charge in [-0.2, -0.15) is 0 Å². The van der Waals surface area contributed by atoms with Crippen molar-refractivity contribution in [3.05, 3.63) is 41.5 Å². The zero-order valence-electron chi connectivity index (χ0n) is 17.8. The van der Waals surface area contributed by atoms with E-state index in [1.165, 1.54) is 31.4 Å². The number of carbonyl (C=O) groups excluding carboxylic acids is 1. The van der Waals surface area contributed by atoms with Crippen molar-refractivity contribution in [3.63, 3.8) is 0 Å². The van der Waals surface area contributed by atoms with Crippen molar-refractivity contribution in [2.75, 3.05) is 13.7 Å². The molecule has 0 aromatic heterocycles. The Bertz CT molecular complexity index is 1070. The van der Waals surface area contributed by atoms with Crippen molar-refractivity contribution in [3.8, 4) is 28.7 Å². The molecule has 7 N–H and O–H groups in total. The molecule has 0 amide bonds. The molecule has 34 heavy (non-hydrogen) atoms. The van der Waals surface area contributed by atoms with Crippen molar-refractivity contribution < 1.29 is 59.5 Å². The van der Waals surface area contributed by atoms with Crippen LogP contribution in [-0.4, -0.2) is 92.1 Å². The minimum absolute atomic E-state index is 0.0481. The first-order valence-corrected chi connectivity index (χ1v) is 10.3. The van der Waals surface area contributed by atoms with Crippen molar-refractivity contribution in [2.45, 2.75) is 42.9 Å². The van der Waals surface area contributed by atoms with Crippen LogP contribution >= 0.6 is 0 Å². The Balaban J connectivity index is 1.75. The molecule has 12 nitrogen and oxygen atoms in total. The fourth-order valence-corrected chi connectivity index (χ4v) is 3.93. The summed E-state index contributed by atoms with van der Waals surface area (Å²) in [6.45, 7) is -0.710. The third kappa shape index (κ3) is 4.11. The highest BCUT2D eigenvalue weighted by Crippen LogP contribution is 2.44. The molecule has 4 rings (SSSR count). The van der Waals surface area contributed by atoms with E-state index in [0.29, 0.717) is 0 Å². The van der Waals surface area contributed by atoms with Crippen LogP contribution < -0.4 is 9.47 Å². The van der Waals surface area contributed by atoms with Crippen LogP contribution in [0.15, 0.2) is 30.3 Å². The smallest absolute Gasteiger partial charge is 0.203 e. The van der Waals surface area contributed by atoms with Gasteiger partial charge in [0, 0.05) is 12.1 Å². The van der Waals surface area contributed by atoms with Gasteiger partial charge in [-0.25, -0.2) is 0 Å². The molecule has 2 aliphatic rings. The molecule has 2 aromatic carbocycles. The Kier molecular flexibility index (Phi) is 6.53. The molecule has 0 radical (unpaired) electrons. The lowest BCUT2D eigenvalue weighted by Gasteiger charge is -2.42. The van der Waals surface area contributed by atoms with Gasteiger partial charge < -0.3 is 54.7 Å². The normalized spacial score (nSPS) is 31.0. The summed E-state index contributed by atoms with van der Waals surface area (Å²) < 4.78 is 22.1. The second-order valence-corrected chi connectivity index (χ2v) is 7.92. The Hall–Kier alpha value is -3.13. The van der Waals surface area contributed by atoms with Gasteiger partial charge >= 0.3 is 0 Å². The molecule has 0 saturated carbocycles. The second kappa shape index (κ2) is 9.25. The van der Waals surface area contributed by atoms with Crippen molar-refractivity contribution >= 4 is 5.78 Å². The number of ether oxygens (including phenoxy) is 4. The van der Waals surface area contributed by atoms with Gasteiger partial charge in [0.15, 0.2) is 30.0 Å². The minimum atomic E-state index is -1.80. The molecule has 1 fully saturated rings. The number of phenolic OH excluding ortho intramolecular Hbond substituents is 3. The number of hydrogen-bond donors (Lipinski definition) is 7. The highest BCUT2D eigenvalue weighted by Gasteiger charge is 2.49. The van der Waals surface area contributed by atoms with E-state index in [4.69, 9.17) is 18.9 Å². The highest BCUT2D eigenvalue weighted by molar-refractivity contribution is 6.05. The van der Waals surface area contributed by atoms with E-state index in [1.807, 2.05) is 0 Å². The molecule has 1 saturated heterocycles. The van der Waals surface area contributed by atoms with Gasteiger partial charge in [-0.3, -0.25) is 4.79 Å². The van der Waals surface area contributed by atoms with E-state index < -0.39 is 72.6 Å². The molecular formula is C22H24O12. The van der Waals surface area contributed by atoms with Crippen LogP contribution in [0.5, 0.6) is 28.7 Å². The monoisotopic (exact) mass is 480 g/mol. The number of rotatable bonds is 5. The Labute approximate surface area is 192 Å². The molecule has 0 aliphatic carbocycles. The Morgan fingerprint density at radius 1 is 0.941 bits per heavy atom. The summed E-state index contributed by atoms with van der Waals surface area (Å²) in [5.41, 5.74) is -0.0548. The van der Waals surface area contributed by atoms with E-state index in [0.717, 1.165) is 6.07 Å². The molecule has 0 bridgehead atoms. The second-order valence-electron chi connectivity index (χ2n) is 7.92. The van der Waals surface area contributed by atoms with E-state index >= 15 is 0 Å². The summed E-state index contributed by atoms with van der Waals surface area (Å²) in [6.07, 6.45) is -11.0. The number of methoxy groups -OCH3 is 1. The molecule has 2 aromatic rings. The van der Waals surface area contributed by atoms with E-state index in [-0.39, 0.29) is 22.6 Å². The fourth-order valence-electron chi connectivity index (χ4n) is 3.93. The number of fused-ring (bicyclic) bond motifs is 1. The van der Waals surface area contributed by atoms with Crippen LogP contribution in [0.1, 0.15) is 22.0 Å². The largest absolute Gasteiger partial charge is 0.507 e. The van der Waals surface area contributed by atoms with E-state index in [2.05, 4.69) is 0 Å². The Morgan fingerprint density at radius 3 is 2.32 bits per heavy atom. The number of Topliss-reactive ketones (excluding diaryl/α,β-unsaturated/α-hetero) is 1. The first-order valence-electron chi connectivity index (χ1n) is 10.3. The zero-order valence-corrected chi connectivity index (χ0v) is 17.8. The number of aliphatic hydroxyl groups is 4. The molecule has 7 unspecified atom stereocenters. The SMILES string of the molecule is COc1cc(O)c2c(c1)OC(c1ccc(O)c(O)c1)C(OC1OC(CO)C(O)C(O)C1O)C2=O. The van der Waals surface area contributed by atoms with Gasteiger partial charge in [0.25, 0.3) is 0 Å². The molecule has 0 spiro atoms. The maximum absolute atomic E-state index is 13.4. The van der Waals surface area contributed by atoms with E-state index in [9.17, 15) is 40.5 Å². The third-order valence-corrected chi connectivity index (χ3v) is 5.78. The molecule has 7 atom stereocenters. The van der Waals surface area contributed by atoms with Crippen LogP contribution in [0, 0.1) is 0 Å². The minimum Gasteiger partial charge on any atom is -0.507 e. The molecular weight excluding hydrogens is 456 g/mol. The van der Waals surface area contributed by atoms with E-state index in [1.54, 1.807) is 0 Å². The first-order chi connectivity index (χ1) is 16.2. The molecule has 2 aliphatic heterocycles. The first kappa shape index (κ1) is 24.0. The number of aromatic hydroxyl groups is 3. The van der Waals surface area contributed by atoms with Crippen LogP contribution in [0.2, 0.25) is 0 Å². The van der Waals surface area contributed by atoms with Crippen LogP contribution in [0.25, 0.3) is 0 Å². The van der Waals surface area contributed by atoms with Crippen molar-refractivity contribution in [2.24, 2.45) is 0 Å². The van der Waals surface area contributed by atoms with Gasteiger partial charge in [-0.05, 0) is 17.7 Å². The zero-order chi connectivity index (χ0) is 24.7. The van der Waals surface area contributed by atoms with Crippen molar-refractivity contribution in [1.29, 1.82) is 0 Å².